The largest absolute Gasteiger partial charge is 1.00 e. The quantitative estimate of drug-likeness (QED) is 0.593. The van der Waals surface area contributed by atoms with Gasteiger partial charge in [-0.25, -0.2) is 0 Å². The van der Waals surface area contributed by atoms with E-state index >= 15 is 0 Å². The summed E-state index contributed by atoms with van der Waals surface area (Å²) in [5.74, 6) is 0.421. The Balaban J connectivity index is 0.00000243. The maximum absolute atomic E-state index is 10.5. The summed E-state index contributed by atoms with van der Waals surface area (Å²) in [6.45, 7) is 3.08. The van der Waals surface area contributed by atoms with Crippen LogP contribution in [0.15, 0.2) is 77.5 Å². The average Bonchev–Trinajstić information content (AvgIpc) is 3.20. The van der Waals surface area contributed by atoms with Gasteiger partial charge in [0.25, 0.3) is 0 Å². The summed E-state index contributed by atoms with van der Waals surface area (Å²) in [6.07, 6.45) is 0.629. The minimum atomic E-state index is -0.433. The van der Waals surface area contributed by atoms with Crippen molar-refractivity contribution >= 4 is 11.3 Å². The zero-order valence-corrected chi connectivity index (χ0v) is 16.5. The molecule has 0 radical (unpaired) electrons. The number of halogens is 1. The summed E-state index contributed by atoms with van der Waals surface area (Å²) in [6, 6.07) is 23.0. The molecule has 2 nitrogen and oxygen atoms in total. The third-order valence-electron chi connectivity index (χ3n) is 4.78. The van der Waals surface area contributed by atoms with E-state index < -0.39 is 6.10 Å². The first-order valence-electron chi connectivity index (χ1n) is 8.89. The van der Waals surface area contributed by atoms with Crippen LogP contribution < -0.4 is 17.7 Å². The highest BCUT2D eigenvalue weighted by Gasteiger charge is 2.20. The van der Waals surface area contributed by atoms with E-state index in [2.05, 4.69) is 59.4 Å². The summed E-state index contributed by atoms with van der Waals surface area (Å²) in [4.78, 5) is 0. The third-order valence-corrected chi connectivity index (χ3v) is 5.48. The normalized spacial score (nSPS) is 14.2. The van der Waals surface area contributed by atoms with Crippen LogP contribution in [0.1, 0.15) is 42.1 Å². The molecule has 0 saturated heterocycles. The molecule has 0 bridgehead atoms. The number of benzene rings is 2. The van der Waals surface area contributed by atoms with Gasteiger partial charge in [0.1, 0.15) is 12.1 Å². The molecule has 2 aromatic carbocycles. The molecule has 4 heteroatoms. The van der Waals surface area contributed by atoms with E-state index in [4.69, 9.17) is 0 Å². The van der Waals surface area contributed by atoms with E-state index in [0.29, 0.717) is 5.92 Å². The molecule has 3 rings (SSSR count). The molecule has 0 aliphatic heterocycles. The standard InChI is InChI=1S/C22H25NOS.ClH/c1-17(22(24)19-10-6-3-7-11-19)23-14-12-21(20-13-15-25-16-20)18-8-4-2-5-9-18;/h2-11,13,15-17,21-24H,12,14H2,1H3;1H. The molecular weight excluding hydrogens is 362 g/mol. The van der Waals surface area contributed by atoms with Crippen molar-refractivity contribution < 1.29 is 22.8 Å². The van der Waals surface area contributed by atoms with Crippen LogP contribution in [0.25, 0.3) is 0 Å². The number of hydrogen-bond acceptors (Lipinski definition) is 2. The molecule has 0 aliphatic carbocycles. The fourth-order valence-electron chi connectivity index (χ4n) is 3.29. The average molecular weight is 388 g/mol. The van der Waals surface area contributed by atoms with Crippen LogP contribution >= 0.6 is 11.3 Å². The second kappa shape index (κ2) is 10.5. The van der Waals surface area contributed by atoms with Crippen molar-refractivity contribution in [3.8, 4) is 0 Å². The summed E-state index contributed by atoms with van der Waals surface area (Å²) >= 11 is 1.75. The fraction of sp³-hybridized carbons (Fsp3) is 0.273. The predicted octanol–water partition coefficient (Wildman–Crippen LogP) is 0.960. The molecule has 138 valence electrons. The first-order valence-corrected chi connectivity index (χ1v) is 9.83. The van der Waals surface area contributed by atoms with Gasteiger partial charge in [0.05, 0.1) is 6.54 Å². The summed E-state index contributed by atoms with van der Waals surface area (Å²) in [5, 5.41) is 17.2. The second-order valence-corrected chi connectivity index (χ2v) is 7.33. The summed E-state index contributed by atoms with van der Waals surface area (Å²) < 4.78 is 0. The molecule has 3 unspecified atom stereocenters. The van der Waals surface area contributed by atoms with Crippen LogP contribution in [0.3, 0.4) is 0 Å². The molecule has 3 aromatic rings. The van der Waals surface area contributed by atoms with Gasteiger partial charge in [0.2, 0.25) is 0 Å². The van der Waals surface area contributed by atoms with E-state index in [1.54, 1.807) is 11.3 Å². The molecular formula is C22H26ClNOS. The predicted molar refractivity (Wildman–Crippen MR) is 105 cm³/mol. The molecule has 3 N–H and O–H groups in total. The first kappa shape index (κ1) is 20.7. The lowest BCUT2D eigenvalue weighted by Crippen LogP contribution is -3.00. The number of thiophene rings is 1. The van der Waals surface area contributed by atoms with E-state index in [1.807, 2.05) is 30.3 Å². The van der Waals surface area contributed by atoms with Gasteiger partial charge < -0.3 is 22.8 Å². The lowest BCUT2D eigenvalue weighted by atomic mass is 9.90. The SMILES string of the molecule is CC([NH2+]CCC(c1ccccc1)c1ccsc1)C(O)c1ccccc1.[Cl-]. The Morgan fingerprint density at radius 2 is 1.50 bits per heavy atom. The van der Waals surface area contributed by atoms with E-state index in [1.165, 1.54) is 11.1 Å². The van der Waals surface area contributed by atoms with Crippen LogP contribution in [0.5, 0.6) is 0 Å². The number of rotatable bonds is 8. The third kappa shape index (κ3) is 5.42. The van der Waals surface area contributed by atoms with Gasteiger partial charge in [-0.15, -0.1) is 0 Å². The summed E-state index contributed by atoms with van der Waals surface area (Å²) in [7, 11) is 0. The zero-order chi connectivity index (χ0) is 17.5. The van der Waals surface area contributed by atoms with Crippen LogP contribution in [-0.2, 0) is 0 Å². The van der Waals surface area contributed by atoms with Crippen molar-refractivity contribution in [1.29, 1.82) is 0 Å². The van der Waals surface area contributed by atoms with Gasteiger partial charge in [-0.05, 0) is 40.4 Å². The van der Waals surface area contributed by atoms with Gasteiger partial charge >= 0.3 is 0 Å². The lowest BCUT2D eigenvalue weighted by molar-refractivity contribution is -0.694. The maximum atomic E-state index is 10.5. The van der Waals surface area contributed by atoms with E-state index in [0.717, 1.165) is 18.5 Å². The van der Waals surface area contributed by atoms with Gasteiger partial charge in [0.15, 0.2) is 0 Å². The number of aliphatic hydroxyl groups is 1. The van der Waals surface area contributed by atoms with Gasteiger partial charge in [0, 0.05) is 12.3 Å². The Morgan fingerprint density at radius 1 is 0.885 bits per heavy atom. The number of aliphatic hydroxyl groups excluding tert-OH is 1. The Morgan fingerprint density at radius 3 is 2.08 bits per heavy atom. The monoisotopic (exact) mass is 387 g/mol. The first-order chi connectivity index (χ1) is 12.3. The highest BCUT2D eigenvalue weighted by atomic mass is 35.5. The molecule has 1 aromatic heterocycles. The maximum Gasteiger partial charge on any atom is 0.130 e. The van der Waals surface area contributed by atoms with Crippen molar-refractivity contribution in [3.63, 3.8) is 0 Å². The molecule has 0 saturated carbocycles. The highest BCUT2D eigenvalue weighted by Crippen LogP contribution is 2.28. The fourth-order valence-corrected chi connectivity index (χ4v) is 4.01. The molecule has 0 aliphatic rings. The minimum Gasteiger partial charge on any atom is -1.00 e. The smallest absolute Gasteiger partial charge is 0.130 e. The topological polar surface area (TPSA) is 36.8 Å². The Kier molecular flexibility index (Phi) is 8.33. The van der Waals surface area contributed by atoms with Gasteiger partial charge in [-0.1, -0.05) is 60.7 Å². The van der Waals surface area contributed by atoms with Crippen molar-refractivity contribution in [2.45, 2.75) is 31.4 Å². The van der Waals surface area contributed by atoms with Gasteiger partial charge in [-0.2, -0.15) is 11.3 Å². The Hall–Kier alpha value is -1.65. The molecule has 3 atom stereocenters. The Labute approximate surface area is 166 Å². The number of nitrogens with two attached hydrogens (primary N) is 1. The number of quaternary nitrogens is 1. The molecule has 1 heterocycles. The van der Waals surface area contributed by atoms with Crippen LogP contribution in [0.4, 0.5) is 0 Å². The molecule has 0 fully saturated rings. The molecule has 26 heavy (non-hydrogen) atoms. The summed E-state index contributed by atoms with van der Waals surface area (Å²) in [5.41, 5.74) is 3.75. The van der Waals surface area contributed by atoms with Crippen molar-refractivity contribution in [3.05, 3.63) is 94.2 Å². The van der Waals surface area contributed by atoms with Gasteiger partial charge in [-0.3, -0.25) is 0 Å². The lowest BCUT2D eigenvalue weighted by Gasteiger charge is -2.20. The Bertz CT molecular complexity index is 733. The zero-order valence-electron chi connectivity index (χ0n) is 15.0. The van der Waals surface area contributed by atoms with Crippen LogP contribution in [-0.4, -0.2) is 17.7 Å². The minimum absolute atomic E-state index is 0. The van der Waals surface area contributed by atoms with Crippen molar-refractivity contribution in [2.24, 2.45) is 0 Å². The van der Waals surface area contributed by atoms with Crippen molar-refractivity contribution in [1.82, 2.24) is 0 Å². The van der Waals surface area contributed by atoms with E-state index in [-0.39, 0.29) is 18.4 Å². The second-order valence-electron chi connectivity index (χ2n) is 6.55. The molecule has 0 spiro atoms. The van der Waals surface area contributed by atoms with E-state index in [9.17, 15) is 5.11 Å². The van der Waals surface area contributed by atoms with Crippen LogP contribution in [0.2, 0.25) is 0 Å². The highest BCUT2D eigenvalue weighted by molar-refractivity contribution is 7.08. The number of hydrogen-bond donors (Lipinski definition) is 2. The molecule has 0 amide bonds. The van der Waals surface area contributed by atoms with Crippen molar-refractivity contribution in [2.75, 3.05) is 6.54 Å². The van der Waals surface area contributed by atoms with Crippen LogP contribution in [0, 0.1) is 0 Å².